The van der Waals surface area contributed by atoms with E-state index < -0.39 is 4.92 Å². The Hall–Kier alpha value is -4.34. The van der Waals surface area contributed by atoms with E-state index in [4.69, 9.17) is 9.84 Å². The van der Waals surface area contributed by atoms with Gasteiger partial charge in [0.05, 0.1) is 28.9 Å². The van der Waals surface area contributed by atoms with Gasteiger partial charge in [0.1, 0.15) is 5.52 Å². The van der Waals surface area contributed by atoms with Gasteiger partial charge in [-0.3, -0.25) is 19.9 Å². The van der Waals surface area contributed by atoms with Crippen molar-refractivity contribution in [3.05, 3.63) is 81.3 Å². The van der Waals surface area contributed by atoms with E-state index in [-0.39, 0.29) is 23.2 Å². The molecule has 1 aromatic carbocycles. The van der Waals surface area contributed by atoms with E-state index in [2.05, 4.69) is 15.3 Å². The highest BCUT2D eigenvalue weighted by Gasteiger charge is 2.25. The molecule has 10 heteroatoms. The average molecular weight is 458 g/mol. The van der Waals surface area contributed by atoms with Gasteiger partial charge in [0.2, 0.25) is 5.88 Å². The van der Waals surface area contributed by atoms with Crippen LogP contribution in [0.2, 0.25) is 0 Å². The monoisotopic (exact) mass is 458 g/mol. The maximum Gasteiger partial charge on any atom is 0.273 e. The first-order chi connectivity index (χ1) is 16.4. The number of nitro benzene ring substituents is 1. The standard InChI is InChI=1S/C24H22N6O4/c1-14-3-4-15(12-21(14)30(32)33)24(31)26-17-5-6-18-16(11-17)13-29(28-18)20-9-10-25-19-7-8-22(34-2)27-23(19)20/h3-4,7-10,12-13,17H,5-6,11H2,1-2H3,(H,26,31). The summed E-state index contributed by atoms with van der Waals surface area (Å²) < 4.78 is 7.06. The highest BCUT2D eigenvalue weighted by atomic mass is 16.6. The van der Waals surface area contributed by atoms with Gasteiger partial charge in [-0.05, 0) is 49.9 Å². The van der Waals surface area contributed by atoms with E-state index in [0.29, 0.717) is 29.8 Å². The summed E-state index contributed by atoms with van der Waals surface area (Å²) in [5, 5.41) is 19.0. The van der Waals surface area contributed by atoms with Crippen LogP contribution in [-0.4, -0.2) is 43.7 Å². The summed E-state index contributed by atoms with van der Waals surface area (Å²) in [5.74, 6) is 0.179. The number of methoxy groups -OCH3 is 1. The van der Waals surface area contributed by atoms with Gasteiger partial charge in [-0.2, -0.15) is 5.10 Å². The zero-order chi connectivity index (χ0) is 23.8. The second-order valence-corrected chi connectivity index (χ2v) is 8.27. The summed E-state index contributed by atoms with van der Waals surface area (Å²) in [5.41, 5.74) is 4.98. The zero-order valence-corrected chi connectivity index (χ0v) is 18.7. The summed E-state index contributed by atoms with van der Waals surface area (Å²) >= 11 is 0. The second-order valence-electron chi connectivity index (χ2n) is 8.27. The lowest BCUT2D eigenvalue weighted by molar-refractivity contribution is -0.385. The maximum atomic E-state index is 12.8. The Bertz CT molecular complexity index is 1430. The van der Waals surface area contributed by atoms with Crippen molar-refractivity contribution in [3.63, 3.8) is 0 Å². The lowest BCUT2D eigenvalue weighted by atomic mass is 9.93. The molecule has 5 rings (SSSR count). The Kier molecular flexibility index (Phi) is 5.40. The molecule has 1 N–H and O–H groups in total. The lowest BCUT2D eigenvalue weighted by Crippen LogP contribution is -2.38. The molecule has 1 atom stereocenters. The van der Waals surface area contributed by atoms with E-state index >= 15 is 0 Å². The van der Waals surface area contributed by atoms with Crippen LogP contribution < -0.4 is 10.1 Å². The van der Waals surface area contributed by atoms with Crippen molar-refractivity contribution < 1.29 is 14.5 Å². The van der Waals surface area contributed by atoms with Gasteiger partial charge in [0, 0.05) is 41.7 Å². The van der Waals surface area contributed by atoms with Crippen LogP contribution in [0, 0.1) is 17.0 Å². The molecule has 1 aliphatic carbocycles. The number of amides is 1. The molecule has 1 unspecified atom stereocenters. The normalized spacial score (nSPS) is 15.1. The molecule has 0 saturated heterocycles. The molecule has 0 bridgehead atoms. The minimum atomic E-state index is -0.472. The van der Waals surface area contributed by atoms with Gasteiger partial charge in [0.25, 0.3) is 11.6 Å². The molecule has 0 radical (unpaired) electrons. The van der Waals surface area contributed by atoms with Gasteiger partial charge >= 0.3 is 0 Å². The van der Waals surface area contributed by atoms with E-state index in [1.165, 1.54) is 6.07 Å². The predicted octanol–water partition coefficient (Wildman–Crippen LogP) is 3.33. The van der Waals surface area contributed by atoms with E-state index in [0.717, 1.165) is 28.9 Å². The smallest absolute Gasteiger partial charge is 0.273 e. The van der Waals surface area contributed by atoms with E-state index in [9.17, 15) is 14.9 Å². The quantitative estimate of drug-likeness (QED) is 0.359. The van der Waals surface area contributed by atoms with Crippen LogP contribution in [0.4, 0.5) is 5.69 Å². The molecule has 1 amide bonds. The number of hydrogen-bond donors (Lipinski definition) is 1. The van der Waals surface area contributed by atoms with Crippen molar-refractivity contribution in [1.29, 1.82) is 0 Å². The minimum absolute atomic E-state index is 0.0605. The van der Waals surface area contributed by atoms with Gasteiger partial charge in [-0.15, -0.1) is 0 Å². The fourth-order valence-corrected chi connectivity index (χ4v) is 4.26. The van der Waals surface area contributed by atoms with Crippen molar-refractivity contribution >= 4 is 22.6 Å². The molecule has 10 nitrogen and oxygen atoms in total. The Labute approximate surface area is 194 Å². The lowest BCUT2D eigenvalue weighted by Gasteiger charge is -2.22. The van der Waals surface area contributed by atoms with Gasteiger partial charge in [-0.25, -0.2) is 9.67 Å². The molecule has 0 spiro atoms. The molecule has 3 aromatic heterocycles. The summed E-state index contributed by atoms with van der Waals surface area (Å²) in [6.07, 6.45) is 5.74. The van der Waals surface area contributed by atoms with E-state index in [1.807, 2.05) is 18.3 Å². The zero-order valence-electron chi connectivity index (χ0n) is 18.7. The van der Waals surface area contributed by atoms with Crippen molar-refractivity contribution in [2.75, 3.05) is 7.11 Å². The molecule has 0 aliphatic heterocycles. The van der Waals surface area contributed by atoms with Gasteiger partial charge in [-0.1, -0.05) is 6.07 Å². The van der Waals surface area contributed by atoms with Crippen LogP contribution in [0.15, 0.2) is 48.8 Å². The third kappa shape index (κ3) is 3.94. The molecule has 172 valence electrons. The van der Waals surface area contributed by atoms with Crippen LogP contribution in [-0.2, 0) is 12.8 Å². The number of carbonyl (C=O) groups excluding carboxylic acids is 1. The van der Waals surface area contributed by atoms with Crippen LogP contribution >= 0.6 is 0 Å². The number of ether oxygens (including phenoxy) is 1. The number of aromatic nitrogens is 4. The Morgan fingerprint density at radius 1 is 1.26 bits per heavy atom. The third-order valence-corrected chi connectivity index (χ3v) is 6.07. The fraction of sp³-hybridized carbons (Fsp3) is 0.250. The molecule has 0 saturated carbocycles. The molecule has 1 aliphatic rings. The first kappa shape index (κ1) is 21.5. The van der Waals surface area contributed by atoms with Gasteiger partial charge < -0.3 is 10.1 Å². The first-order valence-electron chi connectivity index (χ1n) is 10.9. The van der Waals surface area contributed by atoms with E-state index in [1.54, 1.807) is 43.1 Å². The molecule has 3 heterocycles. The van der Waals surface area contributed by atoms with Crippen molar-refractivity contribution in [3.8, 4) is 11.6 Å². The number of aryl methyl sites for hydroxylation is 2. The molecule has 4 aromatic rings. The highest BCUT2D eigenvalue weighted by Crippen LogP contribution is 2.26. The summed E-state index contributed by atoms with van der Waals surface area (Å²) in [6, 6.07) is 9.92. The topological polar surface area (TPSA) is 125 Å². The molecule has 34 heavy (non-hydrogen) atoms. The Morgan fingerprint density at radius 3 is 2.91 bits per heavy atom. The average Bonchev–Trinajstić information content (AvgIpc) is 3.26. The maximum absolute atomic E-state index is 12.8. The van der Waals surface area contributed by atoms with Crippen LogP contribution in [0.1, 0.15) is 33.6 Å². The number of nitrogens with zero attached hydrogens (tertiary/aromatic N) is 5. The number of carbonyl (C=O) groups is 1. The number of fused-ring (bicyclic) bond motifs is 2. The Morgan fingerprint density at radius 2 is 2.12 bits per heavy atom. The highest BCUT2D eigenvalue weighted by molar-refractivity contribution is 5.95. The minimum Gasteiger partial charge on any atom is -0.481 e. The Balaban J connectivity index is 1.37. The van der Waals surface area contributed by atoms with Crippen LogP contribution in [0.3, 0.4) is 0 Å². The van der Waals surface area contributed by atoms with Crippen molar-refractivity contribution in [2.45, 2.75) is 32.2 Å². The number of benzene rings is 1. The number of nitrogens with one attached hydrogen (secondary N) is 1. The predicted molar refractivity (Wildman–Crippen MR) is 124 cm³/mol. The summed E-state index contributed by atoms with van der Waals surface area (Å²) in [4.78, 5) is 32.4. The number of pyridine rings is 2. The summed E-state index contributed by atoms with van der Waals surface area (Å²) in [7, 11) is 1.57. The number of nitro groups is 1. The molecular weight excluding hydrogens is 436 g/mol. The molecule has 0 fully saturated rings. The van der Waals surface area contributed by atoms with Crippen molar-refractivity contribution in [2.24, 2.45) is 0 Å². The number of hydrogen-bond acceptors (Lipinski definition) is 7. The second kappa shape index (κ2) is 8.54. The van der Waals surface area contributed by atoms with Crippen LogP contribution in [0.5, 0.6) is 5.88 Å². The van der Waals surface area contributed by atoms with Crippen molar-refractivity contribution in [1.82, 2.24) is 25.1 Å². The fourth-order valence-electron chi connectivity index (χ4n) is 4.26. The van der Waals surface area contributed by atoms with Crippen LogP contribution in [0.25, 0.3) is 16.7 Å². The SMILES string of the molecule is COc1ccc2nccc(-n3cc4c(n3)CCC(NC(=O)c3ccc(C)c([N+](=O)[O-])c3)C4)c2n1. The third-order valence-electron chi connectivity index (χ3n) is 6.07. The summed E-state index contributed by atoms with van der Waals surface area (Å²) in [6.45, 7) is 1.65. The largest absolute Gasteiger partial charge is 0.481 e. The first-order valence-corrected chi connectivity index (χ1v) is 10.9. The molecular formula is C24H22N6O4. The number of rotatable bonds is 5. The van der Waals surface area contributed by atoms with Gasteiger partial charge in [0.15, 0.2) is 0 Å².